The van der Waals surface area contributed by atoms with Crippen LogP contribution in [0.15, 0.2) is 10.3 Å². The van der Waals surface area contributed by atoms with Gasteiger partial charge in [0.1, 0.15) is 4.90 Å². The first kappa shape index (κ1) is 14.3. The van der Waals surface area contributed by atoms with Gasteiger partial charge in [-0.3, -0.25) is 0 Å². The number of thioether (sulfide) groups is 1. The molecule has 1 atom stereocenters. The summed E-state index contributed by atoms with van der Waals surface area (Å²) in [6.07, 6.45) is 0.932. The van der Waals surface area contributed by atoms with Gasteiger partial charge in [-0.05, 0) is 30.0 Å². The lowest BCUT2D eigenvalue weighted by molar-refractivity contribution is 0.394. The molecule has 2 heterocycles. The summed E-state index contributed by atoms with van der Waals surface area (Å²) in [5.41, 5.74) is 6.44. The minimum Gasteiger partial charge on any atom is -0.326 e. The molecule has 0 amide bonds. The number of nitrogens with two attached hydrogens (primary N) is 1. The molecule has 0 bridgehead atoms. The summed E-state index contributed by atoms with van der Waals surface area (Å²) in [6, 6.07) is 0.116. The van der Waals surface area contributed by atoms with Crippen molar-refractivity contribution in [2.45, 2.75) is 30.8 Å². The lowest BCUT2D eigenvalue weighted by Crippen LogP contribution is -2.37. The SMILES string of the molecule is Cc1csc(CN)c1S(=O)(=O)N(C)C1CCSC1. The Morgan fingerprint density at radius 1 is 1.56 bits per heavy atom. The number of aryl methyl sites for hydroxylation is 1. The Labute approximate surface area is 117 Å². The van der Waals surface area contributed by atoms with Gasteiger partial charge in [0.05, 0.1) is 0 Å². The van der Waals surface area contributed by atoms with Gasteiger partial charge in [-0.2, -0.15) is 16.1 Å². The predicted octanol–water partition coefficient (Wildman–Crippen LogP) is 1.64. The molecule has 4 nitrogen and oxygen atoms in total. The molecular weight excluding hydrogens is 288 g/mol. The van der Waals surface area contributed by atoms with E-state index in [0.29, 0.717) is 4.90 Å². The van der Waals surface area contributed by atoms with Gasteiger partial charge in [0.25, 0.3) is 0 Å². The number of nitrogens with zero attached hydrogens (tertiary/aromatic N) is 1. The predicted molar refractivity (Wildman–Crippen MR) is 77.6 cm³/mol. The zero-order valence-electron chi connectivity index (χ0n) is 10.5. The summed E-state index contributed by atoms with van der Waals surface area (Å²) in [4.78, 5) is 1.18. The van der Waals surface area contributed by atoms with Crippen LogP contribution < -0.4 is 5.73 Å². The molecule has 1 fully saturated rings. The second-order valence-electron chi connectivity index (χ2n) is 4.41. The van der Waals surface area contributed by atoms with Crippen LogP contribution >= 0.6 is 23.1 Å². The Balaban J connectivity index is 2.37. The molecule has 2 N–H and O–H groups in total. The van der Waals surface area contributed by atoms with Crippen molar-refractivity contribution in [1.29, 1.82) is 0 Å². The molecule has 7 heteroatoms. The van der Waals surface area contributed by atoms with Crippen LogP contribution in [0.4, 0.5) is 0 Å². The van der Waals surface area contributed by atoms with E-state index in [4.69, 9.17) is 5.73 Å². The average molecular weight is 306 g/mol. The van der Waals surface area contributed by atoms with Crippen LogP contribution in [0, 0.1) is 6.92 Å². The number of thiophene rings is 1. The Hall–Kier alpha value is -0.0800. The van der Waals surface area contributed by atoms with E-state index in [1.165, 1.54) is 15.6 Å². The summed E-state index contributed by atoms with van der Waals surface area (Å²) in [6.45, 7) is 2.11. The summed E-state index contributed by atoms with van der Waals surface area (Å²) < 4.78 is 26.8. The van der Waals surface area contributed by atoms with E-state index < -0.39 is 10.0 Å². The molecule has 1 saturated heterocycles. The molecule has 0 spiro atoms. The maximum absolute atomic E-state index is 12.6. The second-order valence-corrected chi connectivity index (χ2v) is 8.46. The first-order chi connectivity index (χ1) is 8.48. The highest BCUT2D eigenvalue weighted by atomic mass is 32.2. The van der Waals surface area contributed by atoms with E-state index in [0.717, 1.165) is 28.4 Å². The standard InChI is InChI=1S/C11H18N2O2S3/c1-8-6-17-10(5-12)11(8)18(14,15)13(2)9-3-4-16-7-9/h6,9H,3-5,7,12H2,1-2H3. The lowest BCUT2D eigenvalue weighted by atomic mass is 10.3. The summed E-state index contributed by atoms with van der Waals surface area (Å²) >= 11 is 3.24. The van der Waals surface area contributed by atoms with E-state index in [1.54, 1.807) is 7.05 Å². The first-order valence-electron chi connectivity index (χ1n) is 5.81. The van der Waals surface area contributed by atoms with Crippen molar-refractivity contribution in [1.82, 2.24) is 4.31 Å². The third-order valence-corrected chi connectivity index (χ3v) is 7.77. The van der Waals surface area contributed by atoms with Gasteiger partial charge in [-0.25, -0.2) is 8.42 Å². The van der Waals surface area contributed by atoms with Crippen molar-refractivity contribution in [2.75, 3.05) is 18.6 Å². The second kappa shape index (κ2) is 5.50. The summed E-state index contributed by atoms with van der Waals surface area (Å²) in [5, 5.41) is 1.87. The van der Waals surface area contributed by atoms with Crippen LogP contribution in [0.3, 0.4) is 0 Å². The average Bonchev–Trinajstić information content (AvgIpc) is 2.96. The zero-order chi connectivity index (χ0) is 13.3. The van der Waals surface area contributed by atoms with Gasteiger partial charge < -0.3 is 5.73 Å². The molecule has 0 saturated carbocycles. The molecule has 1 aromatic rings. The number of sulfonamides is 1. The summed E-state index contributed by atoms with van der Waals surface area (Å²) in [5.74, 6) is 1.92. The zero-order valence-corrected chi connectivity index (χ0v) is 13.0. The van der Waals surface area contributed by atoms with Crippen LogP contribution in [0.5, 0.6) is 0 Å². The van der Waals surface area contributed by atoms with Crippen molar-refractivity contribution in [2.24, 2.45) is 5.73 Å². The Kier molecular flexibility index (Phi) is 4.38. The normalized spacial score (nSPS) is 20.8. The van der Waals surface area contributed by atoms with Crippen molar-refractivity contribution in [3.8, 4) is 0 Å². The third-order valence-electron chi connectivity index (χ3n) is 3.23. The van der Waals surface area contributed by atoms with E-state index in [9.17, 15) is 8.42 Å². The smallest absolute Gasteiger partial charge is 0.244 e. The molecule has 1 unspecified atom stereocenters. The fourth-order valence-corrected chi connectivity index (χ4v) is 6.52. The monoisotopic (exact) mass is 306 g/mol. The molecule has 18 heavy (non-hydrogen) atoms. The first-order valence-corrected chi connectivity index (χ1v) is 9.28. The van der Waals surface area contributed by atoms with Gasteiger partial charge in [-0.15, -0.1) is 11.3 Å². The molecule has 0 radical (unpaired) electrons. The Morgan fingerprint density at radius 3 is 2.83 bits per heavy atom. The van der Waals surface area contributed by atoms with Crippen molar-refractivity contribution >= 4 is 33.1 Å². The molecule has 2 rings (SSSR count). The minimum atomic E-state index is -3.40. The quantitative estimate of drug-likeness (QED) is 0.918. The van der Waals surface area contributed by atoms with Crippen LogP contribution in [0.2, 0.25) is 0 Å². The minimum absolute atomic E-state index is 0.116. The third kappa shape index (κ3) is 2.46. The van der Waals surface area contributed by atoms with E-state index >= 15 is 0 Å². The highest BCUT2D eigenvalue weighted by molar-refractivity contribution is 7.99. The van der Waals surface area contributed by atoms with Gasteiger partial charge in [-0.1, -0.05) is 0 Å². The van der Waals surface area contributed by atoms with Gasteiger partial charge in [0.15, 0.2) is 0 Å². The van der Waals surface area contributed by atoms with Crippen LogP contribution in [-0.4, -0.2) is 37.3 Å². The fraction of sp³-hybridized carbons (Fsp3) is 0.636. The van der Waals surface area contributed by atoms with E-state index in [-0.39, 0.29) is 12.6 Å². The molecule has 0 aliphatic carbocycles. The maximum atomic E-state index is 12.6. The number of hydrogen-bond acceptors (Lipinski definition) is 5. The largest absolute Gasteiger partial charge is 0.326 e. The topological polar surface area (TPSA) is 63.4 Å². The highest BCUT2D eigenvalue weighted by Crippen LogP contribution is 2.32. The molecular formula is C11H18N2O2S3. The maximum Gasteiger partial charge on any atom is 0.244 e. The molecule has 1 aliphatic rings. The lowest BCUT2D eigenvalue weighted by Gasteiger charge is -2.23. The Morgan fingerprint density at radius 2 is 2.28 bits per heavy atom. The molecule has 1 aliphatic heterocycles. The number of hydrogen-bond donors (Lipinski definition) is 1. The van der Waals surface area contributed by atoms with E-state index in [2.05, 4.69) is 0 Å². The number of rotatable bonds is 4. The van der Waals surface area contributed by atoms with Crippen molar-refractivity contribution in [3.05, 3.63) is 15.8 Å². The molecule has 102 valence electrons. The van der Waals surface area contributed by atoms with Gasteiger partial charge >= 0.3 is 0 Å². The van der Waals surface area contributed by atoms with Crippen LogP contribution in [0.25, 0.3) is 0 Å². The van der Waals surface area contributed by atoms with Crippen molar-refractivity contribution in [3.63, 3.8) is 0 Å². The van der Waals surface area contributed by atoms with Crippen LogP contribution in [-0.2, 0) is 16.6 Å². The van der Waals surface area contributed by atoms with Gasteiger partial charge in [0.2, 0.25) is 10.0 Å². The van der Waals surface area contributed by atoms with E-state index in [1.807, 2.05) is 24.1 Å². The van der Waals surface area contributed by atoms with Crippen LogP contribution in [0.1, 0.15) is 16.9 Å². The highest BCUT2D eigenvalue weighted by Gasteiger charge is 2.33. The van der Waals surface area contributed by atoms with Crippen molar-refractivity contribution < 1.29 is 8.42 Å². The van der Waals surface area contributed by atoms with Gasteiger partial charge in [0, 0.05) is 30.3 Å². The Bertz CT molecular complexity index is 518. The fourth-order valence-electron chi connectivity index (χ4n) is 2.12. The molecule has 1 aromatic heterocycles. The molecule has 0 aromatic carbocycles. The summed E-state index contributed by atoms with van der Waals surface area (Å²) in [7, 11) is -1.72.